The van der Waals surface area contributed by atoms with Gasteiger partial charge < -0.3 is 15.2 Å². The normalized spacial score (nSPS) is 23.4. The summed E-state index contributed by atoms with van der Waals surface area (Å²) in [5, 5.41) is 0. The van der Waals surface area contributed by atoms with Crippen molar-refractivity contribution in [2.75, 3.05) is 7.11 Å². The van der Waals surface area contributed by atoms with Gasteiger partial charge in [-0.1, -0.05) is 0 Å². The zero-order chi connectivity index (χ0) is 13.0. The number of ether oxygens (including phenoxy) is 2. The van der Waals surface area contributed by atoms with Gasteiger partial charge in [0.05, 0.1) is 13.2 Å². The minimum atomic E-state index is -0.453. The lowest BCUT2D eigenvalue weighted by atomic mass is 9.94. The van der Waals surface area contributed by atoms with Crippen LogP contribution in [0.5, 0.6) is 5.75 Å². The highest BCUT2D eigenvalue weighted by atomic mass is 16.5. The van der Waals surface area contributed by atoms with E-state index in [1.165, 1.54) is 7.11 Å². The van der Waals surface area contributed by atoms with Crippen LogP contribution in [-0.2, 0) is 4.74 Å². The van der Waals surface area contributed by atoms with Gasteiger partial charge >= 0.3 is 5.97 Å². The SMILES string of the molecule is COC(=O)c1cc(OC2CCC(N)CC2)ccn1. The Morgan fingerprint density at radius 1 is 1.39 bits per heavy atom. The highest BCUT2D eigenvalue weighted by molar-refractivity contribution is 5.87. The van der Waals surface area contributed by atoms with Gasteiger partial charge in [0.1, 0.15) is 5.75 Å². The molecule has 18 heavy (non-hydrogen) atoms. The van der Waals surface area contributed by atoms with E-state index in [0.717, 1.165) is 25.7 Å². The van der Waals surface area contributed by atoms with Crippen LogP contribution in [0.2, 0.25) is 0 Å². The molecule has 0 radical (unpaired) electrons. The second-order valence-corrected chi connectivity index (χ2v) is 4.52. The minimum absolute atomic E-state index is 0.178. The molecule has 0 atom stereocenters. The van der Waals surface area contributed by atoms with Crippen molar-refractivity contribution in [2.45, 2.75) is 37.8 Å². The predicted molar refractivity (Wildman–Crippen MR) is 66.4 cm³/mol. The first-order chi connectivity index (χ1) is 8.69. The van der Waals surface area contributed by atoms with E-state index >= 15 is 0 Å². The number of carbonyl (C=O) groups excluding carboxylic acids is 1. The molecule has 0 saturated heterocycles. The van der Waals surface area contributed by atoms with Gasteiger partial charge in [-0.3, -0.25) is 0 Å². The van der Waals surface area contributed by atoms with E-state index in [0.29, 0.717) is 11.8 Å². The summed E-state index contributed by atoms with van der Waals surface area (Å²) >= 11 is 0. The molecule has 1 aliphatic carbocycles. The maximum atomic E-state index is 11.3. The first-order valence-corrected chi connectivity index (χ1v) is 6.15. The molecule has 1 aromatic rings. The standard InChI is InChI=1S/C13H18N2O3/c1-17-13(16)12-8-11(6-7-15-12)18-10-4-2-9(14)3-5-10/h6-10H,2-5,14H2,1H3. The minimum Gasteiger partial charge on any atom is -0.490 e. The van der Waals surface area contributed by atoms with Crippen molar-refractivity contribution in [1.82, 2.24) is 4.98 Å². The fourth-order valence-corrected chi connectivity index (χ4v) is 2.10. The van der Waals surface area contributed by atoms with Crippen molar-refractivity contribution in [3.8, 4) is 5.75 Å². The molecular formula is C13H18N2O3. The largest absolute Gasteiger partial charge is 0.490 e. The number of hydrogen-bond acceptors (Lipinski definition) is 5. The third kappa shape index (κ3) is 3.20. The highest BCUT2D eigenvalue weighted by Crippen LogP contribution is 2.23. The maximum absolute atomic E-state index is 11.3. The smallest absolute Gasteiger partial charge is 0.356 e. The summed E-state index contributed by atoms with van der Waals surface area (Å²) in [6.07, 6.45) is 5.61. The topological polar surface area (TPSA) is 74.4 Å². The lowest BCUT2D eigenvalue weighted by molar-refractivity contribution is 0.0592. The average molecular weight is 250 g/mol. The molecule has 0 unspecified atom stereocenters. The fourth-order valence-electron chi connectivity index (χ4n) is 2.10. The average Bonchev–Trinajstić information content (AvgIpc) is 2.41. The van der Waals surface area contributed by atoms with Crippen molar-refractivity contribution >= 4 is 5.97 Å². The van der Waals surface area contributed by atoms with Gasteiger partial charge in [0.25, 0.3) is 0 Å². The van der Waals surface area contributed by atoms with E-state index in [4.69, 9.17) is 10.5 Å². The fraction of sp³-hybridized carbons (Fsp3) is 0.538. The second kappa shape index (κ2) is 5.82. The summed E-state index contributed by atoms with van der Waals surface area (Å²) in [6, 6.07) is 3.66. The number of methoxy groups -OCH3 is 1. The van der Waals surface area contributed by atoms with Crippen molar-refractivity contribution in [2.24, 2.45) is 5.73 Å². The molecule has 0 spiro atoms. The summed E-state index contributed by atoms with van der Waals surface area (Å²) in [5.74, 6) is 0.206. The Balaban J connectivity index is 1.99. The molecule has 0 aromatic carbocycles. The van der Waals surface area contributed by atoms with Crippen LogP contribution in [0.4, 0.5) is 0 Å². The van der Waals surface area contributed by atoms with Crippen molar-refractivity contribution < 1.29 is 14.3 Å². The van der Waals surface area contributed by atoms with Crippen molar-refractivity contribution in [3.63, 3.8) is 0 Å². The Kier molecular flexibility index (Phi) is 4.15. The molecule has 1 saturated carbocycles. The van der Waals surface area contributed by atoms with Crippen LogP contribution in [0.25, 0.3) is 0 Å². The second-order valence-electron chi connectivity index (χ2n) is 4.52. The molecule has 0 aliphatic heterocycles. The van der Waals surface area contributed by atoms with E-state index in [-0.39, 0.29) is 11.8 Å². The van der Waals surface area contributed by atoms with Crippen molar-refractivity contribution in [3.05, 3.63) is 24.0 Å². The molecule has 5 nitrogen and oxygen atoms in total. The molecule has 1 aromatic heterocycles. The zero-order valence-corrected chi connectivity index (χ0v) is 10.5. The Morgan fingerprint density at radius 2 is 2.11 bits per heavy atom. The first kappa shape index (κ1) is 12.8. The molecule has 1 aliphatic rings. The summed E-state index contributed by atoms with van der Waals surface area (Å²) < 4.78 is 10.5. The first-order valence-electron chi connectivity index (χ1n) is 6.15. The van der Waals surface area contributed by atoms with Gasteiger partial charge in [0, 0.05) is 18.3 Å². The van der Waals surface area contributed by atoms with Crippen LogP contribution < -0.4 is 10.5 Å². The number of carbonyl (C=O) groups is 1. The number of aromatic nitrogens is 1. The molecule has 2 rings (SSSR count). The summed E-state index contributed by atoms with van der Waals surface area (Å²) in [5.41, 5.74) is 6.11. The van der Waals surface area contributed by atoms with E-state index in [2.05, 4.69) is 9.72 Å². The molecule has 0 amide bonds. The lowest BCUT2D eigenvalue weighted by Gasteiger charge is -2.26. The molecule has 2 N–H and O–H groups in total. The molecule has 0 bridgehead atoms. The highest BCUT2D eigenvalue weighted by Gasteiger charge is 2.20. The zero-order valence-electron chi connectivity index (χ0n) is 10.5. The summed E-state index contributed by atoms with van der Waals surface area (Å²) in [4.78, 5) is 15.3. The van der Waals surface area contributed by atoms with Crippen LogP contribution in [0, 0.1) is 0 Å². The number of nitrogens with zero attached hydrogens (tertiary/aromatic N) is 1. The Labute approximate surface area is 106 Å². The maximum Gasteiger partial charge on any atom is 0.356 e. The number of nitrogens with two attached hydrogens (primary N) is 1. The van der Waals surface area contributed by atoms with Crippen LogP contribution in [0.15, 0.2) is 18.3 Å². The molecular weight excluding hydrogens is 232 g/mol. The van der Waals surface area contributed by atoms with Gasteiger partial charge in [-0.2, -0.15) is 0 Å². The number of esters is 1. The number of hydrogen-bond donors (Lipinski definition) is 1. The third-order valence-corrected chi connectivity index (χ3v) is 3.15. The third-order valence-electron chi connectivity index (χ3n) is 3.15. The van der Waals surface area contributed by atoms with Gasteiger partial charge in [0.15, 0.2) is 5.69 Å². The number of rotatable bonds is 3. The predicted octanol–water partition coefficient (Wildman–Crippen LogP) is 1.52. The van der Waals surface area contributed by atoms with E-state index in [1.54, 1.807) is 18.3 Å². The van der Waals surface area contributed by atoms with Crippen LogP contribution in [0.3, 0.4) is 0 Å². The van der Waals surface area contributed by atoms with Gasteiger partial charge in [-0.05, 0) is 31.7 Å². The molecule has 1 heterocycles. The summed E-state index contributed by atoms with van der Waals surface area (Å²) in [6.45, 7) is 0. The monoisotopic (exact) mass is 250 g/mol. The van der Waals surface area contributed by atoms with Gasteiger partial charge in [-0.15, -0.1) is 0 Å². The van der Waals surface area contributed by atoms with Crippen LogP contribution >= 0.6 is 0 Å². The Bertz CT molecular complexity index is 414. The van der Waals surface area contributed by atoms with Crippen molar-refractivity contribution in [1.29, 1.82) is 0 Å². The number of pyridine rings is 1. The van der Waals surface area contributed by atoms with E-state index < -0.39 is 5.97 Å². The van der Waals surface area contributed by atoms with Crippen LogP contribution in [0.1, 0.15) is 36.2 Å². The van der Waals surface area contributed by atoms with E-state index in [9.17, 15) is 4.79 Å². The molecule has 1 fully saturated rings. The molecule has 98 valence electrons. The Morgan fingerprint density at radius 3 is 2.78 bits per heavy atom. The summed E-state index contributed by atoms with van der Waals surface area (Å²) in [7, 11) is 1.33. The van der Waals surface area contributed by atoms with Gasteiger partial charge in [0.2, 0.25) is 0 Å². The van der Waals surface area contributed by atoms with E-state index in [1.807, 2.05) is 0 Å². The Hall–Kier alpha value is -1.62. The van der Waals surface area contributed by atoms with Crippen LogP contribution in [-0.4, -0.2) is 30.2 Å². The lowest BCUT2D eigenvalue weighted by Crippen LogP contribution is -2.31. The molecule has 5 heteroatoms. The van der Waals surface area contributed by atoms with Gasteiger partial charge in [-0.25, -0.2) is 9.78 Å². The quantitative estimate of drug-likeness (QED) is 0.823.